The summed E-state index contributed by atoms with van der Waals surface area (Å²) in [5.74, 6) is 1.45. The van der Waals surface area contributed by atoms with Crippen molar-refractivity contribution in [2.75, 3.05) is 7.11 Å². The number of carbonyl (C=O) groups excluding carboxylic acids is 2. The average molecular weight is 292 g/mol. The number of hydrogen-bond acceptors (Lipinski definition) is 4. The number of nitrogens with one attached hydrogen (secondary N) is 1. The molecule has 2 atom stereocenters. The first-order chi connectivity index (χ1) is 9.96. The summed E-state index contributed by atoms with van der Waals surface area (Å²) in [6, 6.07) is 0.216. The van der Waals surface area contributed by atoms with E-state index >= 15 is 0 Å². The summed E-state index contributed by atoms with van der Waals surface area (Å²) in [6.07, 6.45) is 6.60. The fourth-order valence-corrected chi connectivity index (χ4v) is 5.38. The molecule has 5 aliphatic carbocycles. The summed E-state index contributed by atoms with van der Waals surface area (Å²) in [5.41, 5.74) is 5.13. The van der Waals surface area contributed by atoms with E-state index in [-0.39, 0.29) is 23.3 Å². The molecule has 4 bridgehead atoms. The van der Waals surface area contributed by atoms with E-state index in [9.17, 15) is 9.59 Å². The largest absolute Gasteiger partial charge is 0.469 e. The Morgan fingerprint density at radius 3 is 2.29 bits per heavy atom. The minimum atomic E-state index is -0.602. The standard InChI is InChI=1S/C16H24N2O3/c1-21-14(20)15-6-9-4-10(7-15)12(11(5-9)8-15)18-13(19)16(17)2-3-16/h9-12H,2-8,17H2,1H3,(H,18,19). The van der Waals surface area contributed by atoms with Crippen LogP contribution in [0.4, 0.5) is 0 Å². The lowest BCUT2D eigenvalue weighted by molar-refractivity contribution is -0.171. The molecule has 5 saturated carbocycles. The molecule has 21 heavy (non-hydrogen) atoms. The number of ether oxygens (including phenoxy) is 1. The molecule has 5 aliphatic rings. The predicted molar refractivity (Wildman–Crippen MR) is 76.1 cm³/mol. The number of hydrogen-bond donors (Lipinski definition) is 2. The van der Waals surface area contributed by atoms with Crippen LogP contribution in [0, 0.1) is 23.2 Å². The van der Waals surface area contributed by atoms with Crippen molar-refractivity contribution in [2.45, 2.75) is 56.5 Å². The Hall–Kier alpha value is -1.10. The fourth-order valence-electron chi connectivity index (χ4n) is 5.38. The van der Waals surface area contributed by atoms with E-state index in [2.05, 4.69) is 5.32 Å². The molecule has 0 aromatic heterocycles. The first kappa shape index (κ1) is 13.6. The quantitative estimate of drug-likeness (QED) is 0.759. The van der Waals surface area contributed by atoms with Gasteiger partial charge in [0.05, 0.1) is 18.1 Å². The molecule has 0 aromatic carbocycles. The SMILES string of the molecule is COC(=O)C12CC3CC(C1)C(NC(=O)C1(N)CC1)C(C3)C2. The van der Waals surface area contributed by atoms with Crippen LogP contribution in [-0.2, 0) is 14.3 Å². The fraction of sp³-hybridized carbons (Fsp3) is 0.875. The van der Waals surface area contributed by atoms with E-state index in [1.165, 1.54) is 7.11 Å². The highest BCUT2D eigenvalue weighted by Gasteiger charge is 2.60. The molecule has 0 radical (unpaired) electrons. The lowest BCUT2D eigenvalue weighted by atomic mass is 9.48. The van der Waals surface area contributed by atoms with Crippen LogP contribution in [-0.4, -0.2) is 30.6 Å². The lowest BCUT2D eigenvalue weighted by Gasteiger charge is -2.58. The van der Waals surface area contributed by atoms with Gasteiger partial charge in [-0.3, -0.25) is 9.59 Å². The van der Waals surface area contributed by atoms with Gasteiger partial charge in [0.1, 0.15) is 0 Å². The number of amides is 1. The Kier molecular flexibility index (Phi) is 2.72. The zero-order valence-electron chi connectivity index (χ0n) is 12.6. The third-order valence-electron chi connectivity index (χ3n) is 6.43. The van der Waals surface area contributed by atoms with Crippen molar-refractivity contribution in [3.63, 3.8) is 0 Å². The molecule has 116 valence electrons. The minimum Gasteiger partial charge on any atom is -0.469 e. The molecule has 0 aromatic rings. The van der Waals surface area contributed by atoms with Crippen molar-refractivity contribution < 1.29 is 14.3 Å². The second-order valence-corrected chi connectivity index (χ2v) is 7.90. The van der Waals surface area contributed by atoms with Crippen molar-refractivity contribution in [3.8, 4) is 0 Å². The topological polar surface area (TPSA) is 81.4 Å². The first-order valence-corrected chi connectivity index (χ1v) is 8.14. The molecule has 0 saturated heterocycles. The summed E-state index contributed by atoms with van der Waals surface area (Å²) >= 11 is 0. The van der Waals surface area contributed by atoms with Gasteiger partial charge >= 0.3 is 5.97 Å². The van der Waals surface area contributed by atoms with Crippen LogP contribution in [0.5, 0.6) is 0 Å². The third-order valence-corrected chi connectivity index (χ3v) is 6.43. The molecule has 0 aliphatic heterocycles. The Morgan fingerprint density at radius 2 is 1.76 bits per heavy atom. The van der Waals surface area contributed by atoms with Crippen LogP contribution in [0.15, 0.2) is 0 Å². The second kappa shape index (κ2) is 4.22. The zero-order valence-corrected chi connectivity index (χ0v) is 12.6. The molecule has 3 N–H and O–H groups in total. The lowest BCUT2D eigenvalue weighted by Crippen LogP contribution is -2.62. The summed E-state index contributed by atoms with van der Waals surface area (Å²) in [4.78, 5) is 24.5. The molecular weight excluding hydrogens is 268 g/mol. The molecule has 1 amide bonds. The summed E-state index contributed by atoms with van der Waals surface area (Å²) < 4.78 is 5.07. The molecule has 5 nitrogen and oxygen atoms in total. The van der Waals surface area contributed by atoms with Gasteiger partial charge in [0.25, 0.3) is 0 Å². The van der Waals surface area contributed by atoms with Crippen LogP contribution in [0.2, 0.25) is 0 Å². The maximum Gasteiger partial charge on any atom is 0.311 e. The zero-order chi connectivity index (χ0) is 14.8. The number of methoxy groups -OCH3 is 1. The van der Waals surface area contributed by atoms with E-state index < -0.39 is 5.54 Å². The van der Waals surface area contributed by atoms with Crippen LogP contribution in [0.1, 0.15) is 44.9 Å². The summed E-state index contributed by atoms with van der Waals surface area (Å²) in [6.45, 7) is 0. The van der Waals surface area contributed by atoms with Crippen LogP contribution in [0.3, 0.4) is 0 Å². The van der Waals surface area contributed by atoms with Crippen molar-refractivity contribution in [1.82, 2.24) is 5.32 Å². The van der Waals surface area contributed by atoms with Crippen molar-refractivity contribution in [2.24, 2.45) is 28.9 Å². The normalized spacial score (nSPS) is 45.2. The predicted octanol–water partition coefficient (Wildman–Crippen LogP) is 0.962. The number of nitrogens with two attached hydrogens (primary N) is 1. The first-order valence-electron chi connectivity index (χ1n) is 8.14. The smallest absolute Gasteiger partial charge is 0.311 e. The molecule has 5 heteroatoms. The van der Waals surface area contributed by atoms with E-state index in [4.69, 9.17) is 10.5 Å². The van der Waals surface area contributed by atoms with E-state index in [0.29, 0.717) is 17.8 Å². The number of carbonyl (C=O) groups is 2. The van der Waals surface area contributed by atoms with Crippen LogP contribution in [0.25, 0.3) is 0 Å². The Bertz CT molecular complexity index is 484. The molecule has 5 rings (SSSR count). The van der Waals surface area contributed by atoms with E-state index in [1.807, 2.05) is 0 Å². The van der Waals surface area contributed by atoms with Gasteiger partial charge in [-0.2, -0.15) is 0 Å². The van der Waals surface area contributed by atoms with E-state index in [0.717, 1.165) is 44.9 Å². The van der Waals surface area contributed by atoms with Gasteiger partial charge in [-0.25, -0.2) is 0 Å². The minimum absolute atomic E-state index is 0.0205. The van der Waals surface area contributed by atoms with Gasteiger partial charge < -0.3 is 15.8 Å². The monoisotopic (exact) mass is 292 g/mol. The van der Waals surface area contributed by atoms with Gasteiger partial charge in [-0.1, -0.05) is 0 Å². The van der Waals surface area contributed by atoms with Gasteiger partial charge in [0.15, 0.2) is 0 Å². The molecule has 5 fully saturated rings. The molecular formula is C16H24N2O3. The molecule has 0 spiro atoms. The third kappa shape index (κ3) is 1.93. The van der Waals surface area contributed by atoms with Crippen LogP contribution < -0.4 is 11.1 Å². The van der Waals surface area contributed by atoms with E-state index in [1.54, 1.807) is 0 Å². The number of esters is 1. The van der Waals surface area contributed by atoms with Gasteiger partial charge in [0, 0.05) is 6.04 Å². The van der Waals surface area contributed by atoms with Crippen molar-refractivity contribution in [3.05, 3.63) is 0 Å². The highest BCUT2D eigenvalue weighted by Crippen LogP contribution is 2.60. The summed E-state index contributed by atoms with van der Waals surface area (Å²) in [7, 11) is 1.49. The maximum absolute atomic E-state index is 12.3. The Morgan fingerprint density at radius 1 is 1.14 bits per heavy atom. The van der Waals surface area contributed by atoms with Crippen molar-refractivity contribution in [1.29, 1.82) is 0 Å². The van der Waals surface area contributed by atoms with Crippen molar-refractivity contribution >= 4 is 11.9 Å². The highest BCUT2D eigenvalue weighted by atomic mass is 16.5. The Balaban J connectivity index is 1.53. The highest BCUT2D eigenvalue weighted by molar-refractivity contribution is 5.89. The van der Waals surface area contributed by atoms with Gasteiger partial charge in [-0.05, 0) is 62.7 Å². The van der Waals surface area contributed by atoms with Crippen LogP contribution >= 0.6 is 0 Å². The maximum atomic E-state index is 12.3. The molecule has 0 heterocycles. The Labute approximate surface area is 125 Å². The average Bonchev–Trinajstić information content (AvgIpc) is 3.20. The van der Waals surface area contributed by atoms with Gasteiger partial charge in [-0.15, -0.1) is 0 Å². The number of rotatable bonds is 3. The summed E-state index contributed by atoms with van der Waals surface area (Å²) in [5, 5.41) is 3.22. The second-order valence-electron chi connectivity index (χ2n) is 7.90. The van der Waals surface area contributed by atoms with Gasteiger partial charge in [0.2, 0.25) is 5.91 Å². The molecule has 2 unspecified atom stereocenters.